The number of tetrazole rings is 1. The van der Waals surface area contributed by atoms with Crippen molar-refractivity contribution in [3.63, 3.8) is 0 Å². The largest absolute Gasteiger partial charge is 0.478 e. The molecule has 3 amide bonds. The first-order valence-corrected chi connectivity index (χ1v) is 13.1. The minimum Gasteiger partial charge on any atom is -0.478 e. The van der Waals surface area contributed by atoms with Crippen molar-refractivity contribution in [2.75, 3.05) is 10.6 Å². The first kappa shape index (κ1) is 28.7. The summed E-state index contributed by atoms with van der Waals surface area (Å²) >= 11 is 6.10. The van der Waals surface area contributed by atoms with Crippen LogP contribution in [0.15, 0.2) is 95.9 Å². The Bertz CT molecular complexity index is 1770. The fourth-order valence-corrected chi connectivity index (χ4v) is 4.35. The molecule has 0 radical (unpaired) electrons. The fourth-order valence-electron chi connectivity index (χ4n) is 4.17. The molecular weight excluding hydrogens is 578 g/mol. The lowest BCUT2D eigenvalue weighted by atomic mass is 10.0. The van der Waals surface area contributed by atoms with E-state index in [1.54, 1.807) is 60.9 Å². The molecule has 216 valence electrons. The Morgan fingerprint density at radius 1 is 0.907 bits per heavy atom. The summed E-state index contributed by atoms with van der Waals surface area (Å²) in [4.78, 5) is 51.1. The van der Waals surface area contributed by atoms with Gasteiger partial charge in [0.15, 0.2) is 0 Å². The zero-order chi connectivity index (χ0) is 30.3. The number of benzene rings is 3. The van der Waals surface area contributed by atoms with E-state index in [0.29, 0.717) is 17.0 Å². The first-order chi connectivity index (χ1) is 20.8. The second-order valence-electron chi connectivity index (χ2n) is 9.11. The van der Waals surface area contributed by atoms with E-state index in [0.717, 1.165) is 5.56 Å². The van der Waals surface area contributed by atoms with Crippen LogP contribution in [0.2, 0.25) is 5.02 Å². The van der Waals surface area contributed by atoms with Crippen LogP contribution >= 0.6 is 11.6 Å². The van der Waals surface area contributed by atoms with E-state index in [2.05, 4.69) is 31.5 Å². The van der Waals surface area contributed by atoms with Crippen molar-refractivity contribution in [2.45, 2.75) is 12.5 Å². The average Bonchev–Trinajstić information content (AvgIpc) is 3.73. The predicted octanol–water partition coefficient (Wildman–Crippen LogP) is 3.58. The molecule has 14 heteroatoms. The van der Waals surface area contributed by atoms with Crippen molar-refractivity contribution in [1.29, 1.82) is 0 Å². The lowest BCUT2D eigenvalue weighted by Crippen LogP contribution is -2.49. The summed E-state index contributed by atoms with van der Waals surface area (Å²) in [5, 5.41) is 28.2. The highest BCUT2D eigenvalue weighted by Crippen LogP contribution is 2.24. The molecule has 0 saturated carbocycles. The maximum absolute atomic E-state index is 13.4. The van der Waals surface area contributed by atoms with Gasteiger partial charge in [0.1, 0.15) is 18.1 Å². The van der Waals surface area contributed by atoms with Crippen LogP contribution in [0.5, 0.6) is 0 Å². The summed E-state index contributed by atoms with van der Waals surface area (Å²) in [6.07, 6.45) is 2.82. The normalized spacial score (nSPS) is 11.4. The van der Waals surface area contributed by atoms with E-state index in [1.807, 2.05) is 0 Å². The number of furan rings is 1. The maximum atomic E-state index is 13.4. The second-order valence-corrected chi connectivity index (χ2v) is 9.55. The molecule has 0 spiro atoms. The van der Waals surface area contributed by atoms with Gasteiger partial charge in [-0.3, -0.25) is 14.4 Å². The summed E-state index contributed by atoms with van der Waals surface area (Å²) in [6.45, 7) is 0. The summed E-state index contributed by atoms with van der Waals surface area (Å²) in [5.41, 5.74) is 1.82. The highest BCUT2D eigenvalue weighted by Gasteiger charge is 2.27. The van der Waals surface area contributed by atoms with Crippen molar-refractivity contribution in [1.82, 2.24) is 25.5 Å². The summed E-state index contributed by atoms with van der Waals surface area (Å²) < 4.78 is 6.68. The first-order valence-electron chi connectivity index (χ1n) is 12.7. The molecule has 13 nitrogen and oxygen atoms in total. The van der Waals surface area contributed by atoms with Gasteiger partial charge in [0.05, 0.1) is 28.9 Å². The number of hydrogen-bond donors (Lipinski definition) is 4. The average molecular weight is 600 g/mol. The third-order valence-corrected chi connectivity index (χ3v) is 6.48. The van der Waals surface area contributed by atoms with Crippen molar-refractivity contribution in [2.24, 2.45) is 0 Å². The van der Waals surface area contributed by atoms with Crippen LogP contribution in [0.3, 0.4) is 0 Å². The summed E-state index contributed by atoms with van der Waals surface area (Å²) in [5.74, 6) is -3.54. The number of anilines is 2. The molecule has 0 aliphatic rings. The standard InChI is InChI=1S/C29H22ClN7O6/c30-19-11-12-24(37-16-31-35-36-37)22(15-19)33-27(39)28(40)34-23(26(38)32-21-5-2-1-4-20(21)29(41)42)14-17-7-9-18(10-8-17)25-6-3-13-43-25/h1-13,15-16,23H,14H2,(H,32,38)(H,33,39)(H,34,40)(H,41,42). The Morgan fingerprint density at radius 3 is 2.40 bits per heavy atom. The molecule has 4 N–H and O–H groups in total. The van der Waals surface area contributed by atoms with E-state index in [9.17, 15) is 24.3 Å². The third-order valence-electron chi connectivity index (χ3n) is 6.25. The van der Waals surface area contributed by atoms with Crippen LogP contribution < -0.4 is 16.0 Å². The number of para-hydroxylation sites is 1. The summed E-state index contributed by atoms with van der Waals surface area (Å²) in [6, 6.07) is 19.7. The quantitative estimate of drug-likeness (QED) is 0.184. The predicted molar refractivity (Wildman–Crippen MR) is 155 cm³/mol. The molecule has 0 fully saturated rings. The molecule has 1 unspecified atom stereocenters. The van der Waals surface area contributed by atoms with Crippen molar-refractivity contribution >= 4 is 46.7 Å². The van der Waals surface area contributed by atoms with Gasteiger partial charge in [-0.15, -0.1) is 5.10 Å². The Hall–Kier alpha value is -5.82. The highest BCUT2D eigenvalue weighted by atomic mass is 35.5. The number of nitrogens with one attached hydrogen (secondary N) is 3. The Morgan fingerprint density at radius 2 is 1.70 bits per heavy atom. The number of carbonyl (C=O) groups is 4. The number of carboxylic acid groups (broad SMARTS) is 1. The van der Waals surface area contributed by atoms with Gasteiger partial charge in [0, 0.05) is 17.0 Å². The number of aromatic nitrogens is 4. The number of hydrogen-bond acceptors (Lipinski definition) is 8. The van der Waals surface area contributed by atoms with Gasteiger partial charge in [0.2, 0.25) is 5.91 Å². The molecule has 0 aliphatic carbocycles. The topological polar surface area (TPSA) is 181 Å². The fraction of sp³-hybridized carbons (Fsp3) is 0.0690. The van der Waals surface area contributed by atoms with Crippen LogP contribution in [0, 0.1) is 0 Å². The summed E-state index contributed by atoms with van der Waals surface area (Å²) in [7, 11) is 0. The smallest absolute Gasteiger partial charge is 0.337 e. The molecule has 5 aromatic rings. The van der Waals surface area contributed by atoms with E-state index < -0.39 is 29.7 Å². The lowest BCUT2D eigenvalue weighted by Gasteiger charge is -2.19. The van der Waals surface area contributed by atoms with Crippen LogP contribution in [-0.4, -0.2) is 55.0 Å². The second kappa shape index (κ2) is 12.8. The minimum absolute atomic E-state index is 0.0223. The van der Waals surface area contributed by atoms with Crippen LogP contribution in [-0.2, 0) is 20.8 Å². The van der Waals surface area contributed by atoms with E-state index >= 15 is 0 Å². The van der Waals surface area contributed by atoms with Gasteiger partial charge >= 0.3 is 17.8 Å². The SMILES string of the molecule is O=C(Nc1cc(Cl)ccc1-n1cnnn1)C(=O)NC(Cc1ccc(-c2ccco2)cc1)C(=O)Nc1ccccc1C(=O)O. The number of carbonyl (C=O) groups excluding carboxylic acids is 3. The van der Waals surface area contributed by atoms with E-state index in [-0.39, 0.29) is 28.4 Å². The number of rotatable bonds is 9. The zero-order valence-electron chi connectivity index (χ0n) is 22.1. The Kier molecular flexibility index (Phi) is 8.53. The highest BCUT2D eigenvalue weighted by molar-refractivity contribution is 6.40. The molecule has 5 rings (SSSR count). The monoisotopic (exact) mass is 599 g/mol. The number of halogens is 1. The lowest BCUT2D eigenvalue weighted by molar-refractivity contribution is -0.137. The number of amides is 3. The third kappa shape index (κ3) is 6.92. The molecule has 0 bridgehead atoms. The van der Waals surface area contributed by atoms with E-state index in [1.165, 1.54) is 35.3 Å². The number of aromatic carboxylic acids is 1. The van der Waals surface area contributed by atoms with E-state index in [4.69, 9.17) is 16.0 Å². The zero-order valence-corrected chi connectivity index (χ0v) is 22.9. The van der Waals surface area contributed by atoms with Gasteiger partial charge in [-0.05, 0) is 58.5 Å². The Balaban J connectivity index is 1.37. The van der Waals surface area contributed by atoms with Gasteiger partial charge in [-0.25, -0.2) is 4.79 Å². The molecule has 2 aromatic heterocycles. The van der Waals surface area contributed by atoms with Gasteiger partial charge in [-0.1, -0.05) is 48.0 Å². The molecule has 0 saturated heterocycles. The molecule has 0 aliphatic heterocycles. The molecular formula is C29H22ClN7O6. The molecule has 1 atom stereocenters. The van der Waals surface area contributed by atoms with Crippen molar-refractivity contribution in [3.05, 3.63) is 108 Å². The van der Waals surface area contributed by atoms with Gasteiger partial charge < -0.3 is 25.5 Å². The van der Waals surface area contributed by atoms with Crippen LogP contribution in [0.25, 0.3) is 17.0 Å². The minimum atomic E-state index is -1.27. The van der Waals surface area contributed by atoms with Crippen molar-refractivity contribution < 1.29 is 28.7 Å². The molecule has 2 heterocycles. The molecule has 43 heavy (non-hydrogen) atoms. The van der Waals surface area contributed by atoms with Gasteiger partial charge in [-0.2, -0.15) is 4.68 Å². The molecule has 3 aromatic carbocycles. The maximum Gasteiger partial charge on any atom is 0.337 e. The van der Waals surface area contributed by atoms with Crippen LogP contribution in [0.4, 0.5) is 11.4 Å². The number of nitrogens with zero attached hydrogens (tertiary/aromatic N) is 4. The van der Waals surface area contributed by atoms with Gasteiger partial charge in [0.25, 0.3) is 0 Å². The Labute approximate surface area is 248 Å². The van der Waals surface area contributed by atoms with Crippen LogP contribution in [0.1, 0.15) is 15.9 Å². The van der Waals surface area contributed by atoms with Crippen molar-refractivity contribution in [3.8, 4) is 17.0 Å². The number of carboxylic acids is 1.